The van der Waals surface area contributed by atoms with Crippen molar-refractivity contribution in [2.24, 2.45) is 19.8 Å². The van der Waals surface area contributed by atoms with E-state index in [9.17, 15) is 14.0 Å². The number of aryl methyl sites for hydroxylation is 1. The standard InChI is InChI=1S/C22H20BrFN6O2/c1-29-20-18(21(31)30(2)22(29)32)17(14-9-13(24)3-4-16(14)23)15(10-25)19(28-20)27-11-12-5-7-26-8-6-12/h3-9H,10-11,25H2,1-2H3,(H,27,28). The molecule has 0 aliphatic carbocycles. The Hall–Kier alpha value is -3.37. The first kappa shape index (κ1) is 21.8. The second-order valence-electron chi connectivity index (χ2n) is 7.26. The Morgan fingerprint density at radius 2 is 1.84 bits per heavy atom. The molecule has 0 fully saturated rings. The number of hydrogen-bond donors (Lipinski definition) is 2. The van der Waals surface area contributed by atoms with Gasteiger partial charge in [-0.3, -0.25) is 18.9 Å². The second kappa shape index (κ2) is 8.64. The van der Waals surface area contributed by atoms with Gasteiger partial charge < -0.3 is 11.1 Å². The van der Waals surface area contributed by atoms with Gasteiger partial charge >= 0.3 is 5.69 Å². The van der Waals surface area contributed by atoms with E-state index in [-0.39, 0.29) is 17.6 Å². The lowest BCUT2D eigenvalue weighted by Crippen LogP contribution is -2.38. The van der Waals surface area contributed by atoms with Gasteiger partial charge in [-0.05, 0) is 35.9 Å². The number of rotatable bonds is 5. The van der Waals surface area contributed by atoms with Crippen LogP contribution < -0.4 is 22.3 Å². The summed E-state index contributed by atoms with van der Waals surface area (Å²) in [6.07, 6.45) is 3.36. The molecular formula is C22H20BrFN6O2. The lowest BCUT2D eigenvalue weighted by molar-refractivity contribution is 0.628. The number of halogens is 2. The predicted molar refractivity (Wildman–Crippen MR) is 125 cm³/mol. The van der Waals surface area contributed by atoms with Crippen molar-refractivity contribution in [3.05, 3.63) is 85.0 Å². The van der Waals surface area contributed by atoms with Gasteiger partial charge in [0.2, 0.25) is 0 Å². The molecule has 0 saturated carbocycles. The van der Waals surface area contributed by atoms with Crippen LogP contribution in [0.5, 0.6) is 0 Å². The van der Waals surface area contributed by atoms with Crippen LogP contribution in [0, 0.1) is 5.82 Å². The molecule has 164 valence electrons. The topological polar surface area (TPSA) is 108 Å². The van der Waals surface area contributed by atoms with E-state index >= 15 is 0 Å². The summed E-state index contributed by atoms with van der Waals surface area (Å²) in [5.41, 5.74) is 7.62. The third-order valence-corrected chi connectivity index (χ3v) is 5.99. The van der Waals surface area contributed by atoms with Crippen molar-refractivity contribution in [1.29, 1.82) is 0 Å². The molecule has 32 heavy (non-hydrogen) atoms. The number of nitrogens with one attached hydrogen (secondary N) is 1. The number of anilines is 1. The van der Waals surface area contributed by atoms with Crippen LogP contribution >= 0.6 is 15.9 Å². The van der Waals surface area contributed by atoms with Gasteiger partial charge in [0.05, 0.1) is 5.39 Å². The van der Waals surface area contributed by atoms with Crippen LogP contribution in [0.3, 0.4) is 0 Å². The van der Waals surface area contributed by atoms with Crippen LogP contribution in [0.25, 0.3) is 22.2 Å². The minimum absolute atomic E-state index is 0.0336. The summed E-state index contributed by atoms with van der Waals surface area (Å²) >= 11 is 3.46. The molecule has 0 aliphatic rings. The van der Waals surface area contributed by atoms with Crippen LogP contribution in [-0.4, -0.2) is 19.1 Å². The van der Waals surface area contributed by atoms with Crippen LogP contribution in [0.4, 0.5) is 10.2 Å². The molecule has 0 unspecified atom stereocenters. The lowest BCUT2D eigenvalue weighted by Gasteiger charge is -2.19. The zero-order chi connectivity index (χ0) is 23.0. The first-order valence-electron chi connectivity index (χ1n) is 9.74. The maximum Gasteiger partial charge on any atom is 0.332 e. The zero-order valence-corrected chi connectivity index (χ0v) is 19.0. The summed E-state index contributed by atoms with van der Waals surface area (Å²) in [5.74, 6) is -0.0599. The summed E-state index contributed by atoms with van der Waals surface area (Å²) in [6, 6.07) is 7.91. The van der Waals surface area contributed by atoms with Crippen LogP contribution in [0.2, 0.25) is 0 Å². The highest BCUT2D eigenvalue weighted by Gasteiger charge is 2.23. The molecule has 4 rings (SSSR count). The summed E-state index contributed by atoms with van der Waals surface area (Å²) in [5, 5.41) is 3.44. The lowest BCUT2D eigenvalue weighted by atomic mass is 9.96. The molecule has 3 heterocycles. The first-order chi connectivity index (χ1) is 15.3. The van der Waals surface area contributed by atoms with Gasteiger partial charge in [0.25, 0.3) is 5.56 Å². The Balaban J connectivity index is 2.09. The molecule has 1 aromatic carbocycles. The van der Waals surface area contributed by atoms with Crippen molar-refractivity contribution in [2.45, 2.75) is 13.1 Å². The van der Waals surface area contributed by atoms with Gasteiger partial charge in [-0.25, -0.2) is 14.2 Å². The van der Waals surface area contributed by atoms with E-state index in [4.69, 9.17) is 5.73 Å². The van der Waals surface area contributed by atoms with Gasteiger partial charge in [-0.2, -0.15) is 0 Å². The highest BCUT2D eigenvalue weighted by molar-refractivity contribution is 9.10. The smallest absolute Gasteiger partial charge is 0.332 e. The highest BCUT2D eigenvalue weighted by atomic mass is 79.9. The molecule has 0 aliphatic heterocycles. The first-order valence-corrected chi connectivity index (χ1v) is 10.5. The number of nitrogens with two attached hydrogens (primary N) is 1. The fourth-order valence-corrected chi connectivity index (χ4v) is 4.09. The summed E-state index contributed by atoms with van der Waals surface area (Å²) in [4.78, 5) is 34.4. The molecule has 0 spiro atoms. The molecular weight excluding hydrogens is 479 g/mol. The van der Waals surface area contributed by atoms with E-state index in [0.29, 0.717) is 33.5 Å². The van der Waals surface area contributed by atoms with E-state index < -0.39 is 17.1 Å². The van der Waals surface area contributed by atoms with Crippen LogP contribution in [-0.2, 0) is 27.2 Å². The largest absolute Gasteiger partial charge is 0.366 e. The third-order valence-electron chi connectivity index (χ3n) is 5.30. The van der Waals surface area contributed by atoms with Crippen molar-refractivity contribution in [1.82, 2.24) is 19.1 Å². The van der Waals surface area contributed by atoms with Crippen molar-refractivity contribution in [3.8, 4) is 11.1 Å². The van der Waals surface area contributed by atoms with Gasteiger partial charge in [-0.15, -0.1) is 0 Å². The number of fused-ring (bicyclic) bond motifs is 1. The second-order valence-corrected chi connectivity index (χ2v) is 8.11. The molecule has 4 aromatic rings. The number of nitrogens with zero attached hydrogens (tertiary/aromatic N) is 4. The summed E-state index contributed by atoms with van der Waals surface area (Å²) in [6.45, 7) is 0.447. The van der Waals surface area contributed by atoms with Crippen LogP contribution in [0.15, 0.2) is 56.8 Å². The number of hydrogen-bond acceptors (Lipinski definition) is 6. The summed E-state index contributed by atoms with van der Waals surface area (Å²) in [7, 11) is 2.93. The fraction of sp³-hybridized carbons (Fsp3) is 0.182. The van der Waals surface area contributed by atoms with E-state index in [2.05, 4.69) is 31.2 Å². The normalized spacial score (nSPS) is 11.2. The molecule has 0 saturated heterocycles. The molecule has 8 nitrogen and oxygen atoms in total. The zero-order valence-electron chi connectivity index (χ0n) is 17.4. The van der Waals surface area contributed by atoms with Crippen molar-refractivity contribution < 1.29 is 4.39 Å². The minimum atomic E-state index is -0.530. The Morgan fingerprint density at radius 3 is 2.53 bits per heavy atom. The molecule has 3 N–H and O–H groups in total. The number of pyridine rings is 2. The van der Waals surface area contributed by atoms with Crippen molar-refractivity contribution >= 4 is 32.8 Å². The fourth-order valence-electron chi connectivity index (χ4n) is 3.64. The quantitative estimate of drug-likeness (QED) is 0.437. The molecule has 0 radical (unpaired) electrons. The highest BCUT2D eigenvalue weighted by Crippen LogP contribution is 2.37. The number of benzene rings is 1. The van der Waals surface area contributed by atoms with E-state index in [1.165, 1.54) is 30.8 Å². The third kappa shape index (κ3) is 3.71. The monoisotopic (exact) mass is 498 g/mol. The summed E-state index contributed by atoms with van der Waals surface area (Å²) < 4.78 is 17.1. The van der Waals surface area contributed by atoms with Crippen molar-refractivity contribution in [2.75, 3.05) is 5.32 Å². The van der Waals surface area contributed by atoms with E-state index in [1.54, 1.807) is 18.5 Å². The van der Waals surface area contributed by atoms with Crippen LogP contribution in [0.1, 0.15) is 11.1 Å². The van der Waals surface area contributed by atoms with E-state index in [0.717, 1.165) is 10.1 Å². The van der Waals surface area contributed by atoms with Crippen molar-refractivity contribution in [3.63, 3.8) is 0 Å². The Bertz CT molecular complexity index is 1450. The molecule has 0 bridgehead atoms. The molecule has 0 atom stereocenters. The minimum Gasteiger partial charge on any atom is -0.366 e. The van der Waals surface area contributed by atoms with Gasteiger partial charge in [0.15, 0.2) is 5.65 Å². The molecule has 3 aromatic heterocycles. The Labute approximate surface area is 190 Å². The average molecular weight is 499 g/mol. The Morgan fingerprint density at radius 1 is 1.12 bits per heavy atom. The van der Waals surface area contributed by atoms with E-state index in [1.807, 2.05) is 12.1 Å². The predicted octanol–water partition coefficient (Wildman–Crippen LogP) is 2.67. The maximum atomic E-state index is 14.2. The number of aromatic nitrogens is 4. The Kier molecular flexibility index (Phi) is 5.90. The molecule has 10 heteroatoms. The molecule has 0 amide bonds. The van der Waals surface area contributed by atoms with Gasteiger partial charge in [-0.1, -0.05) is 15.9 Å². The van der Waals surface area contributed by atoms with Gasteiger partial charge in [0.1, 0.15) is 11.6 Å². The maximum absolute atomic E-state index is 14.2. The SMILES string of the molecule is Cn1c(=O)c2c(-c3cc(F)ccc3Br)c(CN)c(NCc3ccncc3)nc2n(C)c1=O. The van der Waals surface area contributed by atoms with Gasteiger partial charge in [0, 0.05) is 60.7 Å². The average Bonchev–Trinajstić information content (AvgIpc) is 2.81.